The fourth-order valence-electron chi connectivity index (χ4n) is 4.33. The topological polar surface area (TPSA) is 17.4 Å². The smallest absolute Gasteiger partial charge is 0.128 e. The van der Waals surface area contributed by atoms with Gasteiger partial charge in [0, 0.05) is 37.3 Å². The summed E-state index contributed by atoms with van der Waals surface area (Å²) in [5.74, 6) is 1.93. The number of methoxy groups -OCH3 is 1. The van der Waals surface area contributed by atoms with Gasteiger partial charge in [-0.1, -0.05) is 25.3 Å². The van der Waals surface area contributed by atoms with Gasteiger partial charge >= 0.3 is 0 Å². The molecule has 118 valence electrons. The first-order chi connectivity index (χ1) is 10.8. The van der Waals surface area contributed by atoms with Crippen LogP contribution in [-0.4, -0.2) is 29.7 Å². The lowest BCUT2D eigenvalue weighted by Crippen LogP contribution is -2.37. The van der Waals surface area contributed by atoms with Crippen molar-refractivity contribution in [3.05, 3.63) is 30.0 Å². The molecule has 2 aromatic rings. The van der Waals surface area contributed by atoms with Crippen LogP contribution in [0, 0.1) is 5.92 Å². The molecule has 1 aliphatic carbocycles. The van der Waals surface area contributed by atoms with Crippen LogP contribution in [0.25, 0.3) is 10.9 Å². The summed E-state index contributed by atoms with van der Waals surface area (Å²) in [5, 5.41) is 1.26. The Balaban J connectivity index is 1.55. The van der Waals surface area contributed by atoms with Gasteiger partial charge in [0.15, 0.2) is 0 Å². The van der Waals surface area contributed by atoms with E-state index in [1.807, 2.05) is 0 Å². The molecule has 3 nitrogen and oxygen atoms in total. The molecule has 0 unspecified atom stereocenters. The fourth-order valence-corrected chi connectivity index (χ4v) is 4.33. The molecule has 0 saturated heterocycles. The standard InChI is InChI=1S/C19H26N2O/c1-22-19-9-5-8-18-17(19)12-16-14-20(10-11-21(16)18)13-15-6-3-2-4-7-15/h5,8-9,12,15H,2-4,6-7,10-11,13-14H2,1H3. The van der Waals surface area contributed by atoms with Gasteiger partial charge in [-0.15, -0.1) is 0 Å². The van der Waals surface area contributed by atoms with Crippen LogP contribution in [0.15, 0.2) is 24.3 Å². The van der Waals surface area contributed by atoms with Gasteiger partial charge in [0.05, 0.1) is 12.6 Å². The highest BCUT2D eigenvalue weighted by atomic mass is 16.5. The lowest BCUT2D eigenvalue weighted by atomic mass is 9.89. The monoisotopic (exact) mass is 298 g/mol. The Morgan fingerprint density at radius 1 is 1.14 bits per heavy atom. The van der Waals surface area contributed by atoms with Crippen LogP contribution < -0.4 is 4.74 Å². The molecule has 3 heteroatoms. The molecule has 2 aliphatic rings. The number of benzene rings is 1. The molecule has 1 aromatic heterocycles. The first kappa shape index (κ1) is 14.1. The Morgan fingerprint density at radius 3 is 2.82 bits per heavy atom. The van der Waals surface area contributed by atoms with Crippen LogP contribution in [0.2, 0.25) is 0 Å². The van der Waals surface area contributed by atoms with Crippen LogP contribution in [0.5, 0.6) is 5.75 Å². The molecule has 0 amide bonds. The number of fused-ring (bicyclic) bond motifs is 3. The summed E-state index contributed by atoms with van der Waals surface area (Å²) >= 11 is 0. The van der Waals surface area contributed by atoms with Crippen molar-refractivity contribution in [1.29, 1.82) is 0 Å². The van der Waals surface area contributed by atoms with Gasteiger partial charge in [0.1, 0.15) is 5.75 Å². The minimum absolute atomic E-state index is 0.930. The van der Waals surface area contributed by atoms with Crippen LogP contribution >= 0.6 is 0 Å². The molecule has 0 spiro atoms. The van der Waals surface area contributed by atoms with Crippen molar-refractivity contribution in [2.75, 3.05) is 20.2 Å². The Bertz CT molecular complexity index is 655. The second-order valence-electron chi connectivity index (χ2n) is 6.92. The third-order valence-corrected chi connectivity index (χ3v) is 5.48. The van der Waals surface area contributed by atoms with Gasteiger partial charge in [0.25, 0.3) is 0 Å². The minimum atomic E-state index is 0.930. The van der Waals surface area contributed by atoms with Crippen molar-refractivity contribution in [2.24, 2.45) is 5.92 Å². The first-order valence-electron chi connectivity index (χ1n) is 8.72. The second-order valence-corrected chi connectivity index (χ2v) is 6.92. The third-order valence-electron chi connectivity index (χ3n) is 5.48. The Kier molecular flexibility index (Phi) is 3.83. The van der Waals surface area contributed by atoms with Crippen molar-refractivity contribution in [3.8, 4) is 5.75 Å². The third kappa shape index (κ3) is 2.52. The largest absolute Gasteiger partial charge is 0.496 e. The molecule has 0 bridgehead atoms. The maximum Gasteiger partial charge on any atom is 0.128 e. The van der Waals surface area contributed by atoms with Crippen LogP contribution in [-0.2, 0) is 13.1 Å². The summed E-state index contributed by atoms with van der Waals surface area (Å²) in [4.78, 5) is 2.66. The average molecular weight is 298 g/mol. The zero-order valence-electron chi connectivity index (χ0n) is 13.6. The van der Waals surface area contributed by atoms with Gasteiger partial charge in [-0.3, -0.25) is 4.90 Å². The van der Waals surface area contributed by atoms with Crippen molar-refractivity contribution in [2.45, 2.75) is 45.2 Å². The normalized spacial score (nSPS) is 20.2. The molecule has 1 aliphatic heterocycles. The highest BCUT2D eigenvalue weighted by molar-refractivity contribution is 5.87. The maximum atomic E-state index is 5.53. The fraction of sp³-hybridized carbons (Fsp3) is 0.579. The van der Waals surface area contributed by atoms with Crippen LogP contribution in [0.3, 0.4) is 0 Å². The molecule has 0 radical (unpaired) electrons. The van der Waals surface area contributed by atoms with Gasteiger partial charge in [-0.2, -0.15) is 0 Å². The Hall–Kier alpha value is -1.48. The number of ether oxygens (including phenoxy) is 1. The molecule has 0 N–H and O–H groups in total. The van der Waals surface area contributed by atoms with Gasteiger partial charge in [-0.25, -0.2) is 0 Å². The van der Waals surface area contributed by atoms with Crippen molar-refractivity contribution >= 4 is 10.9 Å². The predicted octanol–water partition coefficient (Wildman–Crippen LogP) is 4.05. The highest BCUT2D eigenvalue weighted by Crippen LogP contribution is 2.32. The predicted molar refractivity (Wildman–Crippen MR) is 90.3 cm³/mol. The molecular formula is C19H26N2O. The van der Waals surface area contributed by atoms with Crippen LogP contribution in [0.1, 0.15) is 37.8 Å². The first-order valence-corrected chi connectivity index (χ1v) is 8.72. The summed E-state index contributed by atoms with van der Waals surface area (Å²) in [7, 11) is 1.76. The van der Waals surface area contributed by atoms with E-state index in [-0.39, 0.29) is 0 Å². The highest BCUT2D eigenvalue weighted by Gasteiger charge is 2.23. The van der Waals surface area contributed by atoms with E-state index in [0.717, 1.165) is 24.8 Å². The van der Waals surface area contributed by atoms with E-state index in [2.05, 4.69) is 33.7 Å². The second kappa shape index (κ2) is 5.96. The summed E-state index contributed by atoms with van der Waals surface area (Å²) in [5.41, 5.74) is 2.77. The molecule has 2 heterocycles. The van der Waals surface area contributed by atoms with E-state index >= 15 is 0 Å². The van der Waals surface area contributed by atoms with Gasteiger partial charge in [-0.05, 0) is 37.0 Å². The van der Waals surface area contributed by atoms with E-state index < -0.39 is 0 Å². The van der Waals surface area contributed by atoms with Crippen molar-refractivity contribution in [1.82, 2.24) is 9.47 Å². The SMILES string of the molecule is COc1cccc2c1cc1n2CCN(CC2CCCCC2)C1. The summed E-state index contributed by atoms with van der Waals surface area (Å²) in [6, 6.07) is 8.72. The Morgan fingerprint density at radius 2 is 2.00 bits per heavy atom. The lowest BCUT2D eigenvalue weighted by molar-refractivity contribution is 0.169. The summed E-state index contributed by atoms with van der Waals surface area (Å²) in [6.07, 6.45) is 7.21. The molecular weight excluding hydrogens is 272 g/mol. The number of hydrogen-bond acceptors (Lipinski definition) is 2. The Labute approximate surface area is 132 Å². The lowest BCUT2D eigenvalue weighted by Gasteiger charge is -2.33. The van der Waals surface area contributed by atoms with E-state index in [9.17, 15) is 0 Å². The van der Waals surface area contributed by atoms with E-state index in [1.165, 1.54) is 61.8 Å². The molecule has 1 saturated carbocycles. The molecule has 1 fully saturated rings. The number of nitrogens with zero attached hydrogens (tertiary/aromatic N) is 2. The van der Waals surface area contributed by atoms with E-state index in [4.69, 9.17) is 4.74 Å². The number of rotatable bonds is 3. The zero-order chi connectivity index (χ0) is 14.9. The number of hydrogen-bond donors (Lipinski definition) is 0. The summed E-state index contributed by atoms with van der Waals surface area (Å²) < 4.78 is 8.01. The van der Waals surface area contributed by atoms with E-state index in [1.54, 1.807) is 7.11 Å². The quantitative estimate of drug-likeness (QED) is 0.850. The van der Waals surface area contributed by atoms with Crippen molar-refractivity contribution in [3.63, 3.8) is 0 Å². The summed E-state index contributed by atoms with van der Waals surface area (Å²) in [6.45, 7) is 4.68. The average Bonchev–Trinajstić information content (AvgIpc) is 2.93. The van der Waals surface area contributed by atoms with Crippen LogP contribution in [0.4, 0.5) is 0 Å². The maximum absolute atomic E-state index is 5.53. The molecule has 0 atom stereocenters. The van der Waals surface area contributed by atoms with E-state index in [0.29, 0.717) is 0 Å². The van der Waals surface area contributed by atoms with Gasteiger partial charge < -0.3 is 9.30 Å². The van der Waals surface area contributed by atoms with Gasteiger partial charge in [0.2, 0.25) is 0 Å². The minimum Gasteiger partial charge on any atom is -0.496 e. The van der Waals surface area contributed by atoms with Crippen molar-refractivity contribution < 1.29 is 4.74 Å². The molecule has 22 heavy (non-hydrogen) atoms. The zero-order valence-corrected chi connectivity index (χ0v) is 13.6. The molecule has 1 aromatic carbocycles. The molecule has 4 rings (SSSR count). The number of aromatic nitrogens is 1.